The quantitative estimate of drug-likeness (QED) is 0.844. The van der Waals surface area contributed by atoms with E-state index in [-0.39, 0.29) is 0 Å². The van der Waals surface area contributed by atoms with Crippen molar-refractivity contribution >= 4 is 17.7 Å². The molecule has 1 saturated heterocycles. The molecule has 110 valence electrons. The van der Waals surface area contributed by atoms with Crippen molar-refractivity contribution in [3.05, 3.63) is 0 Å². The Kier molecular flexibility index (Phi) is 6.02. The van der Waals surface area contributed by atoms with Gasteiger partial charge in [-0.15, -0.1) is 0 Å². The first-order valence-corrected chi connectivity index (χ1v) is 8.95. The van der Waals surface area contributed by atoms with Gasteiger partial charge in [0, 0.05) is 12.6 Å². The third-order valence-electron chi connectivity index (χ3n) is 4.59. The molecule has 0 radical (unpaired) electrons. The van der Waals surface area contributed by atoms with Crippen LogP contribution in [0.3, 0.4) is 0 Å². The third-order valence-corrected chi connectivity index (χ3v) is 5.85. The summed E-state index contributed by atoms with van der Waals surface area (Å²) in [7, 11) is 0. The largest absolute Gasteiger partial charge is 0.339 e. The van der Waals surface area contributed by atoms with Crippen LogP contribution in [0.5, 0.6) is 0 Å². The molecule has 1 saturated carbocycles. The molecular formula is C15H28N2OS. The van der Waals surface area contributed by atoms with Crippen LogP contribution in [0.1, 0.15) is 45.4 Å². The van der Waals surface area contributed by atoms with Crippen molar-refractivity contribution in [3.63, 3.8) is 0 Å². The van der Waals surface area contributed by atoms with Crippen LogP contribution in [-0.2, 0) is 4.79 Å². The van der Waals surface area contributed by atoms with Crippen LogP contribution >= 0.6 is 11.8 Å². The number of nitrogens with two attached hydrogens (primary N) is 1. The van der Waals surface area contributed by atoms with E-state index in [4.69, 9.17) is 5.73 Å². The fourth-order valence-electron chi connectivity index (χ4n) is 3.43. The van der Waals surface area contributed by atoms with E-state index in [0.29, 0.717) is 23.6 Å². The van der Waals surface area contributed by atoms with Crippen molar-refractivity contribution in [2.75, 3.05) is 24.6 Å². The minimum Gasteiger partial charge on any atom is -0.339 e. The first-order chi connectivity index (χ1) is 9.22. The van der Waals surface area contributed by atoms with Gasteiger partial charge < -0.3 is 10.6 Å². The summed E-state index contributed by atoms with van der Waals surface area (Å²) in [4.78, 5) is 14.6. The van der Waals surface area contributed by atoms with Crippen LogP contribution in [0.25, 0.3) is 0 Å². The Morgan fingerprint density at radius 1 is 1.32 bits per heavy atom. The number of nitrogens with zero attached hydrogens (tertiary/aromatic N) is 1. The molecular weight excluding hydrogens is 256 g/mol. The molecule has 0 bridgehead atoms. The number of likely N-dealkylation sites (tertiary alicyclic amines) is 1. The highest BCUT2D eigenvalue weighted by molar-refractivity contribution is 7.99. The summed E-state index contributed by atoms with van der Waals surface area (Å²) in [6.45, 7) is 3.86. The monoisotopic (exact) mass is 284 g/mol. The van der Waals surface area contributed by atoms with E-state index in [1.807, 2.05) is 0 Å². The fraction of sp³-hybridized carbons (Fsp3) is 0.933. The molecule has 4 heteroatoms. The number of carbonyl (C=O) groups is 1. The lowest BCUT2D eigenvalue weighted by molar-refractivity contribution is -0.134. The molecule has 3 unspecified atom stereocenters. The lowest BCUT2D eigenvalue weighted by Crippen LogP contribution is -2.50. The van der Waals surface area contributed by atoms with Gasteiger partial charge >= 0.3 is 0 Å². The summed E-state index contributed by atoms with van der Waals surface area (Å²) >= 11 is 1.76. The number of fused-ring (bicyclic) bond motifs is 1. The summed E-state index contributed by atoms with van der Waals surface area (Å²) in [6, 6.07) is 0.558. The van der Waals surface area contributed by atoms with Crippen molar-refractivity contribution in [2.24, 2.45) is 17.6 Å². The topological polar surface area (TPSA) is 46.3 Å². The van der Waals surface area contributed by atoms with E-state index < -0.39 is 0 Å². The number of thioether (sulfide) groups is 1. The maximum atomic E-state index is 12.4. The van der Waals surface area contributed by atoms with Gasteiger partial charge in [-0.25, -0.2) is 0 Å². The van der Waals surface area contributed by atoms with Gasteiger partial charge in [0.05, 0.1) is 5.75 Å². The normalized spacial score (nSPS) is 28.8. The van der Waals surface area contributed by atoms with Gasteiger partial charge in [0.15, 0.2) is 0 Å². The van der Waals surface area contributed by atoms with E-state index in [1.165, 1.54) is 38.5 Å². The van der Waals surface area contributed by atoms with Crippen LogP contribution in [-0.4, -0.2) is 41.4 Å². The SMILES string of the molecule is CC(CN)CSCC(=O)N1CCCC2CCCCC21. The van der Waals surface area contributed by atoms with E-state index in [0.717, 1.165) is 24.8 Å². The van der Waals surface area contributed by atoms with Gasteiger partial charge in [-0.2, -0.15) is 11.8 Å². The molecule has 0 aromatic heterocycles. The summed E-state index contributed by atoms with van der Waals surface area (Å²) in [6.07, 6.45) is 7.79. The smallest absolute Gasteiger partial charge is 0.232 e. The Balaban J connectivity index is 1.80. The molecule has 2 aliphatic rings. The van der Waals surface area contributed by atoms with Crippen molar-refractivity contribution in [1.29, 1.82) is 0 Å². The highest BCUT2D eigenvalue weighted by atomic mass is 32.2. The molecule has 2 rings (SSSR count). The molecule has 1 aliphatic heterocycles. The zero-order valence-corrected chi connectivity index (χ0v) is 13.0. The second kappa shape index (κ2) is 7.53. The molecule has 19 heavy (non-hydrogen) atoms. The number of amides is 1. The maximum Gasteiger partial charge on any atom is 0.232 e. The molecule has 0 aromatic carbocycles. The molecule has 3 atom stereocenters. The molecule has 2 fully saturated rings. The van der Waals surface area contributed by atoms with Crippen LogP contribution < -0.4 is 5.73 Å². The standard InChI is InChI=1S/C15H28N2OS/c1-12(9-16)10-19-11-15(18)17-8-4-6-13-5-2-3-7-14(13)17/h12-14H,2-11,16H2,1H3. The minimum atomic E-state index is 0.367. The molecule has 1 amide bonds. The molecule has 2 N–H and O–H groups in total. The Bertz CT molecular complexity index is 296. The first-order valence-electron chi connectivity index (χ1n) is 7.79. The Labute approximate surface area is 121 Å². The molecule has 0 aromatic rings. The second-order valence-electron chi connectivity index (χ2n) is 6.20. The fourth-order valence-corrected chi connectivity index (χ4v) is 4.43. The number of hydrogen-bond donors (Lipinski definition) is 1. The summed E-state index contributed by atoms with van der Waals surface area (Å²) in [5.41, 5.74) is 5.61. The summed E-state index contributed by atoms with van der Waals surface area (Å²) in [5, 5.41) is 0. The predicted molar refractivity (Wildman–Crippen MR) is 82.2 cm³/mol. The van der Waals surface area contributed by atoms with Crippen LogP contribution in [0.2, 0.25) is 0 Å². The minimum absolute atomic E-state index is 0.367. The Hall–Kier alpha value is -0.220. The van der Waals surface area contributed by atoms with Crippen LogP contribution in [0, 0.1) is 11.8 Å². The van der Waals surface area contributed by atoms with Gasteiger partial charge in [0.25, 0.3) is 0 Å². The Morgan fingerprint density at radius 2 is 2.05 bits per heavy atom. The van der Waals surface area contributed by atoms with E-state index in [2.05, 4.69) is 11.8 Å². The van der Waals surface area contributed by atoms with Crippen LogP contribution in [0.4, 0.5) is 0 Å². The van der Waals surface area contributed by atoms with Crippen molar-refractivity contribution < 1.29 is 4.79 Å². The van der Waals surface area contributed by atoms with Crippen molar-refractivity contribution in [3.8, 4) is 0 Å². The van der Waals surface area contributed by atoms with Crippen molar-refractivity contribution in [2.45, 2.75) is 51.5 Å². The predicted octanol–water partition coefficient (Wildman–Crippen LogP) is 2.50. The van der Waals surface area contributed by atoms with E-state index in [1.54, 1.807) is 11.8 Å². The van der Waals surface area contributed by atoms with Gasteiger partial charge in [0.1, 0.15) is 0 Å². The average Bonchev–Trinajstić information content (AvgIpc) is 2.46. The lowest BCUT2D eigenvalue weighted by atomic mass is 9.78. The van der Waals surface area contributed by atoms with Gasteiger partial charge in [-0.1, -0.05) is 19.8 Å². The Morgan fingerprint density at radius 3 is 2.84 bits per heavy atom. The third kappa shape index (κ3) is 4.12. The molecule has 3 nitrogen and oxygen atoms in total. The van der Waals surface area contributed by atoms with Gasteiger partial charge in [-0.3, -0.25) is 4.79 Å². The van der Waals surface area contributed by atoms with Crippen LogP contribution in [0.15, 0.2) is 0 Å². The highest BCUT2D eigenvalue weighted by Gasteiger charge is 2.35. The number of carbonyl (C=O) groups excluding carboxylic acids is 1. The van der Waals surface area contributed by atoms with Crippen molar-refractivity contribution in [1.82, 2.24) is 4.90 Å². The average molecular weight is 284 g/mol. The lowest BCUT2D eigenvalue weighted by Gasteiger charge is -2.44. The highest BCUT2D eigenvalue weighted by Crippen LogP contribution is 2.35. The second-order valence-corrected chi connectivity index (χ2v) is 7.23. The number of rotatable bonds is 5. The first kappa shape index (κ1) is 15.2. The zero-order valence-electron chi connectivity index (χ0n) is 12.1. The van der Waals surface area contributed by atoms with Gasteiger partial charge in [-0.05, 0) is 49.8 Å². The molecule has 0 spiro atoms. The number of hydrogen-bond acceptors (Lipinski definition) is 3. The summed E-state index contributed by atoms with van der Waals surface area (Å²) in [5.74, 6) is 3.32. The zero-order chi connectivity index (χ0) is 13.7. The van der Waals surface area contributed by atoms with E-state index >= 15 is 0 Å². The molecule has 1 heterocycles. The molecule has 1 aliphatic carbocycles. The van der Waals surface area contributed by atoms with E-state index in [9.17, 15) is 4.79 Å². The number of piperidine rings is 1. The maximum absolute atomic E-state index is 12.4. The summed E-state index contributed by atoms with van der Waals surface area (Å²) < 4.78 is 0. The van der Waals surface area contributed by atoms with Gasteiger partial charge in [0.2, 0.25) is 5.91 Å².